The smallest absolute Gasteiger partial charge is 0.472 e. The lowest BCUT2D eigenvalue weighted by atomic mass is 10.0. The Bertz CT molecular complexity index is 1140. The van der Waals surface area contributed by atoms with Gasteiger partial charge in [0.05, 0.1) is 19.3 Å². The zero-order valence-electron chi connectivity index (χ0n) is 33.9. The van der Waals surface area contributed by atoms with Crippen LogP contribution in [0.15, 0.2) is 48.6 Å². The molecule has 318 valence electrons. The van der Waals surface area contributed by atoms with Crippen molar-refractivity contribution in [1.82, 2.24) is 0 Å². The van der Waals surface area contributed by atoms with Crippen LogP contribution in [0.5, 0.6) is 0 Å². The molecule has 0 saturated heterocycles. The molecule has 0 bridgehead atoms. The summed E-state index contributed by atoms with van der Waals surface area (Å²) < 4.78 is 32.5. The molecule has 12 nitrogen and oxygen atoms in total. The van der Waals surface area contributed by atoms with E-state index in [-0.39, 0.29) is 25.6 Å². The minimum atomic E-state index is -4.73. The second kappa shape index (κ2) is 37.0. The second-order valence-corrected chi connectivity index (χ2v) is 15.4. The molecule has 0 aliphatic heterocycles. The van der Waals surface area contributed by atoms with Crippen molar-refractivity contribution in [3.05, 3.63) is 48.6 Å². The Kier molecular flexibility index (Phi) is 35.3. The van der Waals surface area contributed by atoms with Crippen LogP contribution in [0, 0.1) is 0 Å². The second-order valence-electron chi connectivity index (χ2n) is 14.0. The SMILES string of the molecule is CCCCCCCCCCCCCCCC(=O)O[C@H](COC(=O)CCC/C=C\C/C=C\C/C=C\C/C=C\CC(O)CCC)COP(=O)(O)OC[C@H](N)C(=O)O. The zero-order valence-corrected chi connectivity index (χ0v) is 34.8. The molecule has 0 rings (SSSR count). The number of carboxylic acids is 1. The average molecular weight is 800 g/mol. The van der Waals surface area contributed by atoms with Gasteiger partial charge in [-0.1, -0.05) is 146 Å². The van der Waals surface area contributed by atoms with Crippen LogP contribution in [0.4, 0.5) is 0 Å². The molecule has 0 aliphatic carbocycles. The molecule has 0 fully saturated rings. The lowest BCUT2D eigenvalue weighted by molar-refractivity contribution is -0.161. The number of phosphoric ester groups is 1. The molecule has 0 amide bonds. The number of aliphatic hydroxyl groups excluding tert-OH is 1. The van der Waals surface area contributed by atoms with Crippen LogP contribution >= 0.6 is 7.82 Å². The van der Waals surface area contributed by atoms with Crippen molar-refractivity contribution in [1.29, 1.82) is 0 Å². The minimum absolute atomic E-state index is 0.131. The molecule has 0 saturated carbocycles. The van der Waals surface area contributed by atoms with Crippen LogP contribution < -0.4 is 5.73 Å². The van der Waals surface area contributed by atoms with Crippen molar-refractivity contribution in [2.75, 3.05) is 19.8 Å². The number of carbonyl (C=O) groups excluding carboxylic acids is 2. The summed E-state index contributed by atoms with van der Waals surface area (Å²) in [5.74, 6) is -2.48. The molecule has 0 heterocycles. The van der Waals surface area contributed by atoms with Gasteiger partial charge in [-0.3, -0.25) is 23.4 Å². The van der Waals surface area contributed by atoms with Crippen molar-refractivity contribution in [2.45, 2.75) is 180 Å². The summed E-state index contributed by atoms with van der Waals surface area (Å²) in [6.07, 6.45) is 36.7. The van der Waals surface area contributed by atoms with Crippen LogP contribution in [0.3, 0.4) is 0 Å². The number of unbranched alkanes of at least 4 members (excludes halogenated alkanes) is 13. The quantitative estimate of drug-likeness (QED) is 0.0200. The van der Waals surface area contributed by atoms with E-state index < -0.39 is 51.1 Å². The first kappa shape index (κ1) is 52.4. The number of phosphoric acid groups is 1. The van der Waals surface area contributed by atoms with Crippen molar-refractivity contribution >= 4 is 25.7 Å². The number of aliphatic hydroxyl groups is 1. The van der Waals surface area contributed by atoms with Gasteiger partial charge in [-0.25, -0.2) is 4.57 Å². The third kappa shape index (κ3) is 36.8. The fourth-order valence-corrected chi connectivity index (χ4v) is 6.14. The van der Waals surface area contributed by atoms with E-state index in [0.29, 0.717) is 25.7 Å². The first-order valence-corrected chi connectivity index (χ1v) is 22.2. The summed E-state index contributed by atoms with van der Waals surface area (Å²) in [6.45, 7) is 2.53. The molecule has 0 spiro atoms. The number of rotatable bonds is 38. The molecular weight excluding hydrogens is 725 g/mol. The first-order chi connectivity index (χ1) is 26.5. The van der Waals surface area contributed by atoms with E-state index in [0.717, 1.165) is 51.4 Å². The summed E-state index contributed by atoms with van der Waals surface area (Å²) in [4.78, 5) is 45.8. The average Bonchev–Trinajstić information content (AvgIpc) is 3.15. The van der Waals surface area contributed by atoms with Gasteiger partial charge in [0.15, 0.2) is 6.10 Å². The number of hydrogen-bond acceptors (Lipinski definition) is 10. The van der Waals surface area contributed by atoms with Crippen LogP contribution in [0.2, 0.25) is 0 Å². The number of carboxylic acid groups (broad SMARTS) is 1. The molecule has 2 unspecified atom stereocenters. The van der Waals surface area contributed by atoms with E-state index in [9.17, 15) is 28.9 Å². The van der Waals surface area contributed by atoms with Gasteiger partial charge < -0.3 is 30.3 Å². The van der Waals surface area contributed by atoms with Gasteiger partial charge in [0.25, 0.3) is 0 Å². The standard InChI is InChI=1S/C42H74NO11P/c1-3-5-6-7-8-9-10-12-17-20-23-26-29-33-41(46)54-38(35-52-55(49,50)53-36-39(43)42(47)48)34-51-40(45)32-28-25-22-19-16-14-11-13-15-18-21-24-27-31-37(44)30-4-2/h11,14-15,18-19,22,24,27,37-39,44H,3-10,12-13,16-17,20-21,23,25-26,28-36,43H2,1-2H3,(H,47,48)(H,49,50)/b14-11-,18-15-,22-19-,27-24-/t37?,38-,39+/m1/s1. The fraction of sp³-hybridized carbons (Fsp3) is 0.738. The van der Waals surface area contributed by atoms with Crippen LogP contribution in [0.25, 0.3) is 0 Å². The molecule has 0 aliphatic rings. The fourth-order valence-electron chi connectivity index (χ4n) is 5.37. The van der Waals surface area contributed by atoms with E-state index in [1.165, 1.54) is 57.8 Å². The predicted molar refractivity (Wildman–Crippen MR) is 218 cm³/mol. The number of hydrogen-bond donors (Lipinski definition) is 4. The van der Waals surface area contributed by atoms with Crippen molar-refractivity contribution in [2.24, 2.45) is 5.73 Å². The van der Waals surface area contributed by atoms with Crippen LogP contribution in [-0.2, 0) is 37.5 Å². The van der Waals surface area contributed by atoms with Crippen molar-refractivity contribution in [3.63, 3.8) is 0 Å². The lowest BCUT2D eigenvalue weighted by Crippen LogP contribution is -2.34. The first-order valence-electron chi connectivity index (χ1n) is 20.7. The topological polar surface area (TPSA) is 192 Å². The Balaban J connectivity index is 4.50. The summed E-state index contributed by atoms with van der Waals surface area (Å²) >= 11 is 0. The van der Waals surface area contributed by atoms with E-state index in [4.69, 9.17) is 24.8 Å². The summed E-state index contributed by atoms with van der Waals surface area (Å²) in [5.41, 5.74) is 5.32. The third-order valence-corrected chi connectivity index (χ3v) is 9.59. The Morgan fingerprint density at radius 2 is 1.13 bits per heavy atom. The monoisotopic (exact) mass is 799 g/mol. The number of allylic oxidation sites excluding steroid dienone is 7. The normalized spacial score (nSPS) is 14.9. The number of carbonyl (C=O) groups is 3. The number of aliphatic carboxylic acids is 1. The van der Waals surface area contributed by atoms with Gasteiger partial charge in [-0.15, -0.1) is 0 Å². The highest BCUT2D eigenvalue weighted by Crippen LogP contribution is 2.43. The van der Waals surface area contributed by atoms with Crippen LogP contribution in [0.1, 0.15) is 162 Å². The largest absolute Gasteiger partial charge is 0.480 e. The summed E-state index contributed by atoms with van der Waals surface area (Å²) in [7, 11) is -4.73. The molecule has 0 aromatic carbocycles. The molecule has 0 radical (unpaired) electrons. The molecule has 4 atom stereocenters. The highest BCUT2D eigenvalue weighted by molar-refractivity contribution is 7.47. The van der Waals surface area contributed by atoms with Gasteiger partial charge in [-0.05, 0) is 51.4 Å². The Labute approximate surface area is 331 Å². The highest BCUT2D eigenvalue weighted by atomic mass is 31.2. The van der Waals surface area contributed by atoms with Crippen LogP contribution in [-0.4, -0.2) is 71.1 Å². The Hall–Kier alpha value is -2.60. The molecule has 55 heavy (non-hydrogen) atoms. The zero-order chi connectivity index (χ0) is 40.8. The van der Waals surface area contributed by atoms with E-state index in [2.05, 4.69) is 48.8 Å². The lowest BCUT2D eigenvalue weighted by Gasteiger charge is -2.20. The predicted octanol–water partition coefficient (Wildman–Crippen LogP) is 9.58. The maximum atomic E-state index is 12.6. The minimum Gasteiger partial charge on any atom is -0.480 e. The van der Waals surface area contributed by atoms with Crippen molar-refractivity contribution in [3.8, 4) is 0 Å². The maximum absolute atomic E-state index is 12.6. The Morgan fingerprint density at radius 1 is 0.636 bits per heavy atom. The van der Waals surface area contributed by atoms with E-state index >= 15 is 0 Å². The molecule has 5 N–H and O–H groups in total. The number of nitrogens with two attached hydrogens (primary N) is 1. The van der Waals surface area contributed by atoms with E-state index in [1.54, 1.807) is 0 Å². The maximum Gasteiger partial charge on any atom is 0.472 e. The Morgan fingerprint density at radius 3 is 1.67 bits per heavy atom. The van der Waals surface area contributed by atoms with Gasteiger partial charge in [-0.2, -0.15) is 0 Å². The molecule has 13 heteroatoms. The highest BCUT2D eigenvalue weighted by Gasteiger charge is 2.28. The molecular formula is C42H74NO11P. The third-order valence-electron chi connectivity index (χ3n) is 8.64. The summed E-state index contributed by atoms with van der Waals surface area (Å²) in [5, 5.41) is 18.6. The number of esters is 2. The van der Waals surface area contributed by atoms with Crippen molar-refractivity contribution < 1.29 is 52.6 Å². The molecule has 0 aromatic rings. The van der Waals surface area contributed by atoms with Gasteiger partial charge >= 0.3 is 25.7 Å². The number of ether oxygens (including phenoxy) is 2. The van der Waals surface area contributed by atoms with Gasteiger partial charge in [0, 0.05) is 12.8 Å². The summed E-state index contributed by atoms with van der Waals surface area (Å²) in [6, 6.07) is -1.53. The molecule has 0 aromatic heterocycles. The van der Waals surface area contributed by atoms with Gasteiger partial charge in [0.2, 0.25) is 0 Å². The van der Waals surface area contributed by atoms with Gasteiger partial charge in [0.1, 0.15) is 12.6 Å². The van der Waals surface area contributed by atoms with E-state index in [1.807, 2.05) is 18.2 Å².